The van der Waals surface area contributed by atoms with Crippen LogP contribution in [-0.4, -0.2) is 43.2 Å². The Morgan fingerprint density at radius 2 is 1.50 bits per heavy atom. The molecule has 0 aliphatic carbocycles. The summed E-state index contributed by atoms with van der Waals surface area (Å²) in [6.07, 6.45) is 0.553. The standard InChI is InChI=1S/C16H24N4O4/c1-13(21)5-7-15(2,11-17)19-20-16(3,12-18)8-6-14(22)24-10-9-23-4/h5-10H2,1-4H3. The molecule has 0 saturated heterocycles. The van der Waals surface area contributed by atoms with Gasteiger partial charge in [0.2, 0.25) is 0 Å². The molecule has 0 spiro atoms. The van der Waals surface area contributed by atoms with Gasteiger partial charge < -0.3 is 14.3 Å². The van der Waals surface area contributed by atoms with E-state index in [1.807, 2.05) is 12.1 Å². The van der Waals surface area contributed by atoms with Gasteiger partial charge in [0, 0.05) is 20.0 Å². The highest BCUT2D eigenvalue weighted by Gasteiger charge is 2.29. The first-order chi connectivity index (χ1) is 11.2. The number of esters is 1. The van der Waals surface area contributed by atoms with E-state index in [4.69, 9.17) is 9.47 Å². The van der Waals surface area contributed by atoms with Crippen molar-refractivity contribution in [3.63, 3.8) is 0 Å². The lowest BCUT2D eigenvalue weighted by Gasteiger charge is -2.19. The van der Waals surface area contributed by atoms with Crippen molar-refractivity contribution in [1.82, 2.24) is 0 Å². The van der Waals surface area contributed by atoms with E-state index < -0.39 is 17.0 Å². The van der Waals surface area contributed by atoms with Crippen LogP contribution >= 0.6 is 0 Å². The van der Waals surface area contributed by atoms with Crippen molar-refractivity contribution >= 4 is 11.8 Å². The minimum absolute atomic E-state index is 0.00348. The van der Waals surface area contributed by atoms with Gasteiger partial charge in [0.05, 0.1) is 18.7 Å². The van der Waals surface area contributed by atoms with Gasteiger partial charge in [-0.25, -0.2) is 0 Å². The van der Waals surface area contributed by atoms with Crippen LogP contribution in [0.5, 0.6) is 0 Å². The number of Topliss-reactive ketones (excluding diaryl/α,β-unsaturated/α-hetero) is 1. The summed E-state index contributed by atoms with van der Waals surface area (Å²) in [5, 5.41) is 26.4. The summed E-state index contributed by atoms with van der Waals surface area (Å²) in [5.41, 5.74) is -2.42. The third kappa shape index (κ3) is 8.96. The summed E-state index contributed by atoms with van der Waals surface area (Å²) in [5.74, 6) is -0.503. The molecule has 8 heteroatoms. The maximum absolute atomic E-state index is 11.6. The van der Waals surface area contributed by atoms with E-state index >= 15 is 0 Å². The first kappa shape index (κ1) is 21.7. The summed E-state index contributed by atoms with van der Waals surface area (Å²) in [6.45, 7) is 4.97. The van der Waals surface area contributed by atoms with Gasteiger partial charge in [0.1, 0.15) is 12.4 Å². The van der Waals surface area contributed by atoms with Crippen molar-refractivity contribution in [2.45, 2.75) is 57.5 Å². The topological polar surface area (TPSA) is 125 Å². The quantitative estimate of drug-likeness (QED) is 0.324. The van der Waals surface area contributed by atoms with Crippen molar-refractivity contribution in [3.05, 3.63) is 0 Å². The predicted molar refractivity (Wildman–Crippen MR) is 84.9 cm³/mol. The van der Waals surface area contributed by atoms with E-state index in [1.165, 1.54) is 21.0 Å². The van der Waals surface area contributed by atoms with Crippen LogP contribution in [0.4, 0.5) is 0 Å². The molecule has 132 valence electrons. The average molecular weight is 336 g/mol. The molecule has 0 aromatic carbocycles. The Hall–Kier alpha value is -2.32. The Labute approximate surface area is 142 Å². The van der Waals surface area contributed by atoms with Crippen molar-refractivity contribution in [2.24, 2.45) is 10.2 Å². The Morgan fingerprint density at radius 3 is 1.92 bits per heavy atom. The fourth-order valence-corrected chi connectivity index (χ4v) is 1.55. The largest absolute Gasteiger partial charge is 0.463 e. The molecular weight excluding hydrogens is 312 g/mol. The first-order valence-electron chi connectivity index (χ1n) is 7.61. The lowest BCUT2D eigenvalue weighted by Crippen LogP contribution is -2.25. The van der Waals surface area contributed by atoms with E-state index in [-0.39, 0.29) is 38.1 Å². The molecule has 0 aliphatic rings. The van der Waals surface area contributed by atoms with Gasteiger partial charge in [-0.05, 0) is 33.6 Å². The predicted octanol–water partition coefficient (Wildman–Crippen LogP) is 2.34. The molecule has 0 aromatic heterocycles. The van der Waals surface area contributed by atoms with E-state index in [0.717, 1.165) is 0 Å². The molecule has 0 fully saturated rings. The molecule has 0 amide bonds. The Kier molecular flexibility index (Phi) is 9.44. The van der Waals surface area contributed by atoms with Crippen LogP contribution in [0, 0.1) is 22.7 Å². The molecular formula is C16H24N4O4. The van der Waals surface area contributed by atoms with Crippen molar-refractivity contribution in [3.8, 4) is 12.1 Å². The van der Waals surface area contributed by atoms with Gasteiger partial charge in [-0.3, -0.25) is 4.79 Å². The third-order valence-corrected chi connectivity index (χ3v) is 3.30. The third-order valence-electron chi connectivity index (χ3n) is 3.30. The SMILES string of the molecule is COCCOC(=O)CCC(C)(C#N)N=NC(C)(C#N)CCC(C)=O. The highest BCUT2D eigenvalue weighted by molar-refractivity contribution is 5.75. The molecule has 0 aromatic rings. The Bertz CT molecular complexity index is 549. The first-order valence-corrected chi connectivity index (χ1v) is 7.61. The number of hydrogen-bond acceptors (Lipinski definition) is 8. The molecule has 0 heterocycles. The number of nitrogens with zero attached hydrogens (tertiary/aromatic N) is 4. The molecule has 8 nitrogen and oxygen atoms in total. The zero-order valence-electron chi connectivity index (χ0n) is 14.7. The molecule has 2 atom stereocenters. The van der Waals surface area contributed by atoms with E-state index in [0.29, 0.717) is 6.61 Å². The molecule has 0 bridgehead atoms. The number of ether oxygens (including phenoxy) is 2. The number of azo groups is 1. The number of ketones is 1. The van der Waals surface area contributed by atoms with Gasteiger partial charge >= 0.3 is 5.97 Å². The fourth-order valence-electron chi connectivity index (χ4n) is 1.55. The van der Waals surface area contributed by atoms with Gasteiger partial charge in [-0.1, -0.05) is 0 Å². The second-order valence-corrected chi connectivity index (χ2v) is 5.89. The summed E-state index contributed by atoms with van der Waals surface area (Å²) < 4.78 is 9.69. The molecule has 0 aliphatic heterocycles. The van der Waals surface area contributed by atoms with Crippen LogP contribution < -0.4 is 0 Å². The maximum atomic E-state index is 11.6. The molecule has 2 unspecified atom stereocenters. The van der Waals surface area contributed by atoms with Crippen LogP contribution in [-0.2, 0) is 19.1 Å². The maximum Gasteiger partial charge on any atom is 0.305 e. The number of carbonyl (C=O) groups is 2. The zero-order chi connectivity index (χ0) is 18.6. The summed E-state index contributed by atoms with van der Waals surface area (Å²) >= 11 is 0. The zero-order valence-corrected chi connectivity index (χ0v) is 14.7. The number of carbonyl (C=O) groups excluding carboxylic acids is 2. The molecule has 24 heavy (non-hydrogen) atoms. The van der Waals surface area contributed by atoms with E-state index in [1.54, 1.807) is 6.92 Å². The summed E-state index contributed by atoms with van der Waals surface area (Å²) in [7, 11) is 1.50. The fraction of sp³-hybridized carbons (Fsp3) is 0.750. The number of rotatable bonds is 11. The van der Waals surface area contributed by atoms with Gasteiger partial charge in [0.15, 0.2) is 11.1 Å². The minimum Gasteiger partial charge on any atom is -0.463 e. The monoisotopic (exact) mass is 336 g/mol. The molecule has 0 N–H and O–H groups in total. The second-order valence-electron chi connectivity index (χ2n) is 5.89. The molecule has 0 saturated carbocycles. The highest BCUT2D eigenvalue weighted by atomic mass is 16.6. The molecule has 0 radical (unpaired) electrons. The van der Waals surface area contributed by atoms with Crippen molar-refractivity contribution in [2.75, 3.05) is 20.3 Å². The lowest BCUT2D eigenvalue weighted by molar-refractivity contribution is -0.145. The van der Waals surface area contributed by atoms with Gasteiger partial charge in [-0.2, -0.15) is 20.8 Å². The number of hydrogen-bond donors (Lipinski definition) is 0. The van der Waals surface area contributed by atoms with Crippen LogP contribution in [0.1, 0.15) is 46.5 Å². The summed E-state index contributed by atoms with van der Waals surface area (Å²) in [6, 6.07) is 4.00. The van der Waals surface area contributed by atoms with Crippen molar-refractivity contribution < 1.29 is 19.1 Å². The Morgan fingerprint density at radius 1 is 1.00 bits per heavy atom. The normalized spacial score (nSPS) is 15.8. The van der Waals surface area contributed by atoms with E-state index in [2.05, 4.69) is 10.2 Å². The van der Waals surface area contributed by atoms with Crippen LogP contribution in [0.2, 0.25) is 0 Å². The number of nitriles is 2. The Balaban J connectivity index is 4.74. The van der Waals surface area contributed by atoms with E-state index in [9.17, 15) is 20.1 Å². The lowest BCUT2D eigenvalue weighted by atomic mass is 9.97. The minimum atomic E-state index is -1.24. The van der Waals surface area contributed by atoms with Crippen LogP contribution in [0.3, 0.4) is 0 Å². The van der Waals surface area contributed by atoms with Gasteiger partial charge in [-0.15, -0.1) is 0 Å². The van der Waals surface area contributed by atoms with Crippen LogP contribution in [0.15, 0.2) is 10.2 Å². The van der Waals surface area contributed by atoms with Crippen molar-refractivity contribution in [1.29, 1.82) is 10.5 Å². The van der Waals surface area contributed by atoms with Gasteiger partial charge in [0.25, 0.3) is 0 Å². The molecule has 0 rings (SSSR count). The highest BCUT2D eigenvalue weighted by Crippen LogP contribution is 2.23. The average Bonchev–Trinajstić information content (AvgIpc) is 2.56. The summed E-state index contributed by atoms with van der Waals surface area (Å²) in [4.78, 5) is 22.6. The second kappa shape index (κ2) is 10.5. The smallest absolute Gasteiger partial charge is 0.305 e. The van der Waals surface area contributed by atoms with Crippen LogP contribution in [0.25, 0.3) is 0 Å². The number of methoxy groups -OCH3 is 1.